The van der Waals surface area contributed by atoms with Crippen molar-refractivity contribution in [1.82, 2.24) is 4.90 Å². The zero-order valence-electron chi connectivity index (χ0n) is 11.7. The number of hydrogen-bond acceptors (Lipinski definition) is 3. The van der Waals surface area contributed by atoms with E-state index < -0.39 is 6.10 Å². The maximum Gasteiger partial charge on any atom is 0.137 e. The minimum Gasteiger partial charge on any atom is -0.390 e. The van der Waals surface area contributed by atoms with Gasteiger partial charge in [0, 0.05) is 18.8 Å². The Morgan fingerprint density at radius 2 is 2.00 bits per heavy atom. The van der Waals surface area contributed by atoms with E-state index in [1.165, 1.54) is 6.07 Å². The van der Waals surface area contributed by atoms with Crippen molar-refractivity contribution in [2.24, 2.45) is 0 Å². The lowest BCUT2D eigenvalue weighted by molar-refractivity contribution is 0.128. The molecule has 0 aromatic heterocycles. The number of aliphatic hydroxyl groups excluding tert-OH is 1. The van der Waals surface area contributed by atoms with Crippen molar-refractivity contribution in [2.75, 3.05) is 31.5 Å². The van der Waals surface area contributed by atoms with Gasteiger partial charge in [-0.3, -0.25) is 0 Å². The highest BCUT2D eigenvalue weighted by Crippen LogP contribution is 2.24. The third-order valence-corrected chi connectivity index (χ3v) is 3.77. The second-order valence-corrected chi connectivity index (χ2v) is 5.46. The molecule has 2 N–H and O–H groups in total. The second-order valence-electron chi connectivity index (χ2n) is 4.60. The average Bonchev–Trinajstić information content (AvgIpc) is 2.38. The summed E-state index contributed by atoms with van der Waals surface area (Å²) in [5.41, 5.74) is 1.67. The Balaban J connectivity index is 2.55. The predicted octanol–water partition coefficient (Wildman–Crippen LogP) is 3.01. The molecule has 0 aliphatic heterocycles. The Bertz CT molecular complexity index is 411. The lowest BCUT2D eigenvalue weighted by Crippen LogP contribution is -2.36. The molecule has 1 unspecified atom stereocenters. The highest BCUT2D eigenvalue weighted by Gasteiger charge is 2.10. The molecule has 0 saturated heterocycles. The number of likely N-dealkylation sites (N-methyl/N-ethyl adjacent to an activating group) is 1. The first-order chi connectivity index (χ1) is 8.97. The molecule has 0 radical (unpaired) electrons. The van der Waals surface area contributed by atoms with Gasteiger partial charge in [-0.15, -0.1) is 0 Å². The van der Waals surface area contributed by atoms with Gasteiger partial charge in [0.05, 0.1) is 10.6 Å². The summed E-state index contributed by atoms with van der Waals surface area (Å²) in [7, 11) is 0. The highest BCUT2D eigenvalue weighted by molar-refractivity contribution is 9.10. The summed E-state index contributed by atoms with van der Waals surface area (Å²) in [6.45, 7) is 8.94. The molecule has 1 aromatic rings. The maximum atomic E-state index is 13.3. The fraction of sp³-hybridized carbons (Fsp3) is 0.571. The van der Waals surface area contributed by atoms with Crippen LogP contribution < -0.4 is 5.32 Å². The first-order valence-corrected chi connectivity index (χ1v) is 7.37. The van der Waals surface area contributed by atoms with Gasteiger partial charge in [0.2, 0.25) is 0 Å². The van der Waals surface area contributed by atoms with E-state index in [2.05, 4.69) is 40.0 Å². The molecule has 0 saturated carbocycles. The van der Waals surface area contributed by atoms with E-state index in [4.69, 9.17) is 0 Å². The quantitative estimate of drug-likeness (QED) is 0.805. The van der Waals surface area contributed by atoms with Crippen LogP contribution in [-0.4, -0.2) is 42.3 Å². The fourth-order valence-corrected chi connectivity index (χ4v) is 2.25. The van der Waals surface area contributed by atoms with Gasteiger partial charge >= 0.3 is 0 Å². The molecule has 0 aliphatic rings. The second kappa shape index (κ2) is 7.82. The third-order valence-electron chi connectivity index (χ3n) is 3.16. The summed E-state index contributed by atoms with van der Waals surface area (Å²) in [6, 6.07) is 3.18. The van der Waals surface area contributed by atoms with Crippen LogP contribution >= 0.6 is 15.9 Å². The molecule has 0 spiro atoms. The van der Waals surface area contributed by atoms with Crippen LogP contribution in [0.15, 0.2) is 16.6 Å². The number of hydrogen-bond donors (Lipinski definition) is 2. The molecular weight excluding hydrogens is 311 g/mol. The van der Waals surface area contributed by atoms with Crippen molar-refractivity contribution in [3.8, 4) is 0 Å². The van der Waals surface area contributed by atoms with Crippen molar-refractivity contribution in [2.45, 2.75) is 26.9 Å². The van der Waals surface area contributed by atoms with Crippen LogP contribution in [0.3, 0.4) is 0 Å². The number of aliphatic hydroxyl groups is 1. The summed E-state index contributed by atoms with van der Waals surface area (Å²) in [6.07, 6.45) is -0.442. The first-order valence-electron chi connectivity index (χ1n) is 6.57. The molecule has 1 rings (SSSR count). The summed E-state index contributed by atoms with van der Waals surface area (Å²) in [5.74, 6) is -0.272. The Hall–Kier alpha value is -0.650. The van der Waals surface area contributed by atoms with Crippen molar-refractivity contribution < 1.29 is 9.50 Å². The van der Waals surface area contributed by atoms with Gasteiger partial charge < -0.3 is 15.3 Å². The van der Waals surface area contributed by atoms with Gasteiger partial charge in [0.15, 0.2) is 0 Å². The Kier molecular flexibility index (Phi) is 6.75. The van der Waals surface area contributed by atoms with E-state index in [0.29, 0.717) is 17.6 Å². The standard InChI is InChI=1S/C14H22BrFN2O/c1-4-18(5-2)9-11(19)8-17-14-7-12(15)13(16)6-10(14)3/h6-7,11,17,19H,4-5,8-9H2,1-3H3. The number of halogens is 2. The van der Waals surface area contributed by atoms with Gasteiger partial charge in [-0.1, -0.05) is 13.8 Å². The Morgan fingerprint density at radius 3 is 2.58 bits per heavy atom. The summed E-state index contributed by atoms with van der Waals surface area (Å²) < 4.78 is 13.7. The molecule has 108 valence electrons. The number of nitrogens with zero attached hydrogens (tertiary/aromatic N) is 1. The lowest BCUT2D eigenvalue weighted by Gasteiger charge is -2.22. The van der Waals surface area contributed by atoms with Gasteiger partial charge in [-0.25, -0.2) is 4.39 Å². The van der Waals surface area contributed by atoms with E-state index in [9.17, 15) is 9.50 Å². The summed E-state index contributed by atoms with van der Waals surface area (Å²) in [5, 5.41) is 13.1. The largest absolute Gasteiger partial charge is 0.390 e. The van der Waals surface area contributed by atoms with E-state index in [0.717, 1.165) is 24.3 Å². The third kappa shape index (κ3) is 5.09. The van der Waals surface area contributed by atoms with Gasteiger partial charge in [-0.05, 0) is 53.6 Å². The van der Waals surface area contributed by atoms with Gasteiger partial charge in [-0.2, -0.15) is 0 Å². The number of rotatable bonds is 7. The van der Waals surface area contributed by atoms with Crippen LogP contribution in [0.2, 0.25) is 0 Å². The molecule has 3 nitrogen and oxygen atoms in total. The predicted molar refractivity (Wildman–Crippen MR) is 81.1 cm³/mol. The molecular formula is C14H22BrFN2O. The molecule has 0 heterocycles. The van der Waals surface area contributed by atoms with E-state index in [-0.39, 0.29) is 5.82 Å². The molecule has 19 heavy (non-hydrogen) atoms. The SMILES string of the molecule is CCN(CC)CC(O)CNc1cc(Br)c(F)cc1C. The van der Waals surface area contributed by atoms with Crippen LogP contribution in [-0.2, 0) is 0 Å². The fourth-order valence-electron chi connectivity index (χ4n) is 1.91. The summed E-state index contributed by atoms with van der Waals surface area (Å²) >= 11 is 3.16. The van der Waals surface area contributed by atoms with Crippen LogP contribution in [0.1, 0.15) is 19.4 Å². The zero-order chi connectivity index (χ0) is 14.4. The van der Waals surface area contributed by atoms with Crippen molar-refractivity contribution in [1.29, 1.82) is 0 Å². The number of nitrogens with one attached hydrogen (secondary N) is 1. The van der Waals surface area contributed by atoms with Crippen molar-refractivity contribution in [3.05, 3.63) is 28.0 Å². The number of aryl methyl sites for hydroxylation is 1. The monoisotopic (exact) mass is 332 g/mol. The van der Waals surface area contributed by atoms with Crippen LogP contribution in [0.4, 0.5) is 10.1 Å². The lowest BCUT2D eigenvalue weighted by atomic mass is 10.2. The number of anilines is 1. The smallest absolute Gasteiger partial charge is 0.137 e. The molecule has 0 bridgehead atoms. The molecule has 0 fully saturated rings. The molecule has 1 atom stereocenters. The Morgan fingerprint density at radius 1 is 1.37 bits per heavy atom. The van der Waals surface area contributed by atoms with Crippen LogP contribution in [0.25, 0.3) is 0 Å². The normalized spacial score (nSPS) is 12.8. The van der Waals surface area contributed by atoms with E-state index in [1.807, 2.05) is 6.92 Å². The minimum absolute atomic E-state index is 0.272. The number of benzene rings is 1. The van der Waals surface area contributed by atoms with E-state index in [1.54, 1.807) is 6.07 Å². The summed E-state index contributed by atoms with van der Waals surface area (Å²) in [4.78, 5) is 2.17. The topological polar surface area (TPSA) is 35.5 Å². The van der Waals surface area contributed by atoms with Crippen molar-refractivity contribution in [3.63, 3.8) is 0 Å². The average molecular weight is 333 g/mol. The Labute approximate surface area is 122 Å². The van der Waals surface area contributed by atoms with E-state index >= 15 is 0 Å². The van der Waals surface area contributed by atoms with Gasteiger partial charge in [0.1, 0.15) is 5.82 Å². The maximum absolute atomic E-state index is 13.3. The molecule has 0 amide bonds. The zero-order valence-corrected chi connectivity index (χ0v) is 13.3. The van der Waals surface area contributed by atoms with Gasteiger partial charge in [0.25, 0.3) is 0 Å². The highest BCUT2D eigenvalue weighted by atomic mass is 79.9. The molecule has 1 aromatic carbocycles. The minimum atomic E-state index is -0.442. The van der Waals surface area contributed by atoms with Crippen LogP contribution in [0.5, 0.6) is 0 Å². The van der Waals surface area contributed by atoms with Crippen molar-refractivity contribution >= 4 is 21.6 Å². The first kappa shape index (κ1) is 16.4. The molecule has 0 aliphatic carbocycles. The molecule has 5 heteroatoms. The van der Waals surface area contributed by atoms with Crippen LogP contribution in [0, 0.1) is 12.7 Å².